The lowest BCUT2D eigenvalue weighted by Crippen LogP contribution is -2.44. The molecule has 45 heavy (non-hydrogen) atoms. The quantitative estimate of drug-likeness (QED) is 0.137. The van der Waals surface area contributed by atoms with Gasteiger partial charge < -0.3 is 8.85 Å². The summed E-state index contributed by atoms with van der Waals surface area (Å²) in [7, 11) is -7.56. The van der Waals surface area contributed by atoms with Crippen molar-refractivity contribution in [3.8, 4) is 0 Å². The summed E-state index contributed by atoms with van der Waals surface area (Å²) in [6.45, 7) is 31.5. The van der Waals surface area contributed by atoms with Crippen molar-refractivity contribution in [1.29, 1.82) is 0 Å². The van der Waals surface area contributed by atoms with Crippen molar-refractivity contribution in [2.45, 2.75) is 141 Å². The average Bonchev–Trinajstić information content (AvgIpc) is 3.32. The highest BCUT2D eigenvalue weighted by Gasteiger charge is 2.40. The minimum atomic E-state index is -3.54. The molecule has 0 bridgehead atoms. The molecule has 9 heteroatoms. The first-order chi connectivity index (χ1) is 20.5. The predicted octanol–water partition coefficient (Wildman–Crippen LogP) is 10.9. The molecule has 0 saturated heterocycles. The summed E-state index contributed by atoms with van der Waals surface area (Å²) in [5.41, 5.74) is 3.17. The van der Waals surface area contributed by atoms with Gasteiger partial charge in [-0.25, -0.2) is 13.4 Å². The molecule has 0 aliphatic carbocycles. The number of hydrogen-bond acceptors (Lipinski definition) is 6. The topological polar surface area (TPSA) is 65.5 Å². The van der Waals surface area contributed by atoms with E-state index in [0.29, 0.717) is 30.8 Å². The Bertz CT molecular complexity index is 1400. The van der Waals surface area contributed by atoms with E-state index in [0.717, 1.165) is 21.8 Å². The first kappa shape index (κ1) is 39.8. The Morgan fingerprint density at radius 2 is 1.56 bits per heavy atom. The molecule has 0 unspecified atom stereocenters. The van der Waals surface area contributed by atoms with Gasteiger partial charge >= 0.3 is 0 Å². The van der Waals surface area contributed by atoms with Crippen LogP contribution in [-0.2, 0) is 18.7 Å². The van der Waals surface area contributed by atoms with Crippen molar-refractivity contribution in [2.75, 3.05) is 6.61 Å². The lowest BCUT2D eigenvalue weighted by atomic mass is 10.00. The molecule has 3 atom stereocenters. The van der Waals surface area contributed by atoms with Crippen LogP contribution in [0.1, 0.15) is 92.3 Å². The van der Waals surface area contributed by atoms with E-state index in [2.05, 4.69) is 111 Å². The van der Waals surface area contributed by atoms with E-state index in [1.54, 1.807) is 35.6 Å². The Balaban J connectivity index is 2.37. The van der Waals surface area contributed by atoms with E-state index in [-0.39, 0.29) is 22.1 Å². The van der Waals surface area contributed by atoms with Crippen molar-refractivity contribution < 1.29 is 17.3 Å². The molecule has 1 aromatic carbocycles. The summed E-state index contributed by atoms with van der Waals surface area (Å²) >= 11 is 1.65. The first-order valence-corrected chi connectivity index (χ1v) is 24.6. The zero-order valence-corrected chi connectivity index (χ0v) is 34.2. The maximum atomic E-state index is 14.0. The van der Waals surface area contributed by atoms with Crippen molar-refractivity contribution >= 4 is 43.9 Å². The summed E-state index contributed by atoms with van der Waals surface area (Å²) < 4.78 is 41.5. The lowest BCUT2D eigenvalue weighted by Gasteiger charge is -2.39. The third kappa shape index (κ3) is 11.7. The van der Waals surface area contributed by atoms with Gasteiger partial charge in [0.25, 0.3) is 0 Å². The zero-order valence-electron chi connectivity index (χ0n) is 30.6. The minimum Gasteiger partial charge on any atom is -0.417 e. The van der Waals surface area contributed by atoms with Crippen molar-refractivity contribution in [3.05, 3.63) is 63.6 Å². The number of benzene rings is 1. The van der Waals surface area contributed by atoms with Crippen LogP contribution in [0.25, 0.3) is 6.08 Å². The molecule has 0 saturated carbocycles. The molecule has 1 heterocycles. The Morgan fingerprint density at radius 3 is 2.07 bits per heavy atom. The fourth-order valence-corrected chi connectivity index (χ4v) is 9.63. The highest BCUT2D eigenvalue weighted by Crippen LogP contribution is 2.39. The van der Waals surface area contributed by atoms with Gasteiger partial charge in [-0.3, -0.25) is 0 Å². The van der Waals surface area contributed by atoms with Gasteiger partial charge in [-0.15, -0.1) is 11.3 Å². The average molecular weight is 692 g/mol. The van der Waals surface area contributed by atoms with Crippen LogP contribution in [-0.4, -0.2) is 48.0 Å². The third-order valence-corrected chi connectivity index (χ3v) is 21.6. The molecule has 0 fully saturated rings. The van der Waals surface area contributed by atoms with E-state index in [4.69, 9.17) is 8.85 Å². The maximum Gasteiger partial charge on any atom is 0.192 e. The smallest absolute Gasteiger partial charge is 0.192 e. The number of thiazole rings is 1. The Hall–Kier alpha value is -1.37. The van der Waals surface area contributed by atoms with Gasteiger partial charge in [0.1, 0.15) is 0 Å². The molecule has 0 aliphatic heterocycles. The van der Waals surface area contributed by atoms with Crippen LogP contribution in [0.2, 0.25) is 36.3 Å². The molecule has 0 radical (unpaired) electrons. The number of rotatable bonds is 15. The van der Waals surface area contributed by atoms with Gasteiger partial charge in [-0.05, 0) is 106 Å². The number of aromatic nitrogens is 1. The van der Waals surface area contributed by atoms with Gasteiger partial charge in [0.05, 0.1) is 27.0 Å². The van der Waals surface area contributed by atoms with Crippen molar-refractivity contribution in [1.82, 2.24) is 4.98 Å². The Kier molecular flexibility index (Phi) is 13.9. The molecule has 0 N–H and O–H groups in total. The summed E-state index contributed by atoms with van der Waals surface area (Å²) in [5, 5.41) is 2.76. The van der Waals surface area contributed by atoms with Crippen molar-refractivity contribution in [2.24, 2.45) is 5.92 Å². The van der Waals surface area contributed by atoms with Crippen LogP contribution < -0.4 is 0 Å². The largest absolute Gasteiger partial charge is 0.417 e. The third-order valence-electron chi connectivity index (χ3n) is 9.70. The fraction of sp³-hybridized carbons (Fsp3) is 0.639. The van der Waals surface area contributed by atoms with Crippen LogP contribution in [0.4, 0.5) is 0 Å². The van der Waals surface area contributed by atoms with Crippen LogP contribution >= 0.6 is 11.3 Å². The van der Waals surface area contributed by atoms with E-state index in [1.165, 1.54) is 0 Å². The van der Waals surface area contributed by atoms with Crippen LogP contribution in [0, 0.1) is 12.8 Å². The van der Waals surface area contributed by atoms with E-state index >= 15 is 0 Å². The number of allylic oxidation sites excluding steroid dienone is 1. The summed E-state index contributed by atoms with van der Waals surface area (Å²) in [5.74, 6) is 0.108. The fourth-order valence-electron chi connectivity index (χ4n) is 4.59. The molecule has 2 aromatic rings. The molecule has 0 amide bonds. The second-order valence-electron chi connectivity index (χ2n) is 15.9. The maximum absolute atomic E-state index is 14.0. The molecule has 2 rings (SSSR count). The minimum absolute atomic E-state index is 0.0684. The van der Waals surface area contributed by atoms with Crippen LogP contribution in [0.3, 0.4) is 0 Å². The molecule has 5 nitrogen and oxygen atoms in total. The summed E-state index contributed by atoms with van der Waals surface area (Å²) in [6, 6.07) is 8.90. The normalized spacial score (nSPS) is 16.5. The van der Waals surface area contributed by atoms with E-state index < -0.39 is 31.7 Å². The predicted molar refractivity (Wildman–Crippen MR) is 200 cm³/mol. The monoisotopic (exact) mass is 691 g/mol. The Morgan fingerprint density at radius 1 is 0.978 bits per heavy atom. The lowest BCUT2D eigenvalue weighted by molar-refractivity contribution is 0.217. The van der Waals surface area contributed by atoms with E-state index in [1.807, 2.05) is 13.0 Å². The molecule has 254 valence electrons. The van der Waals surface area contributed by atoms with Crippen molar-refractivity contribution in [3.63, 3.8) is 0 Å². The zero-order chi connectivity index (χ0) is 34.4. The number of nitrogens with zero attached hydrogens (tertiary/aromatic N) is 1. The first-order valence-electron chi connectivity index (χ1n) is 16.3. The molecular weight excluding hydrogens is 631 g/mol. The highest BCUT2D eigenvalue weighted by atomic mass is 32.2. The van der Waals surface area contributed by atoms with Gasteiger partial charge in [-0.2, -0.15) is 0 Å². The van der Waals surface area contributed by atoms with Gasteiger partial charge in [0, 0.05) is 12.0 Å². The van der Waals surface area contributed by atoms with E-state index in [9.17, 15) is 8.42 Å². The second-order valence-corrected chi connectivity index (χ2v) is 28.8. The summed E-state index contributed by atoms with van der Waals surface area (Å²) in [6.07, 6.45) is 5.93. The molecule has 0 spiro atoms. The van der Waals surface area contributed by atoms with Crippen LogP contribution in [0.15, 0.2) is 57.8 Å². The summed E-state index contributed by atoms with van der Waals surface area (Å²) in [4.78, 5) is 5.03. The second kappa shape index (κ2) is 15.7. The number of hydrogen-bond donors (Lipinski definition) is 0. The number of aryl methyl sites for hydroxylation is 1. The highest BCUT2D eigenvalue weighted by molar-refractivity contribution is 7.92. The molecular formula is C36H61NO4S2Si2. The SMILES string of the molecule is C/C(=C/C[C@H](O[Si](C)(C)C(C)(C)C)/C(C)=C/c1csc(C)n1)C[C@@H](C[C@H](C)CO[Si](C)(C)C(C)(C)C)S(=O)(=O)c1ccccc1. The number of sulfone groups is 1. The van der Waals surface area contributed by atoms with Crippen LogP contribution in [0.5, 0.6) is 0 Å². The van der Waals surface area contributed by atoms with Gasteiger partial charge in [0.2, 0.25) is 0 Å². The Labute approximate surface area is 282 Å². The molecule has 0 aliphatic rings. The molecule has 1 aromatic heterocycles. The van der Waals surface area contributed by atoms with Gasteiger partial charge in [0.15, 0.2) is 26.5 Å². The standard InChI is InChI=1S/C36H61NO4S2Si2/c1-27(20-21-34(41-45(13,14)36(8,9)10)29(3)24-31-26-42-30(4)37-31)22-33(43(38,39)32-18-16-15-17-19-32)23-28(2)25-40-44(11,12)35(5,6)7/h15-20,24,26,28,33-34H,21-23,25H2,1-14H3/b27-20-,29-24+/t28-,33-,34-/m0/s1. The van der Waals surface area contributed by atoms with Gasteiger partial charge in [-0.1, -0.05) is 78.3 Å².